The van der Waals surface area contributed by atoms with Gasteiger partial charge in [0.15, 0.2) is 0 Å². The molecule has 0 bridgehead atoms. The maximum atomic E-state index is 7.57. The molecule has 0 aliphatic heterocycles. The Morgan fingerprint density at radius 1 is 0.800 bits per heavy atom. The van der Waals surface area contributed by atoms with Crippen LogP contribution in [0.1, 0.15) is 13.8 Å². The van der Waals surface area contributed by atoms with Gasteiger partial charge in [-0.2, -0.15) is 0 Å². The third kappa shape index (κ3) is 348. The summed E-state index contributed by atoms with van der Waals surface area (Å²) in [5, 5.41) is 15.1. The van der Waals surface area contributed by atoms with E-state index in [-0.39, 0.29) is 69.0 Å². The first kappa shape index (κ1) is 42.4. The molecule has 0 saturated carbocycles. The molecule has 0 aromatic carbocycles. The quantitative estimate of drug-likeness (QED) is 0.448. The van der Waals surface area contributed by atoms with Crippen molar-refractivity contribution in [3.63, 3.8) is 0 Å². The van der Waals surface area contributed by atoms with Crippen LogP contribution in [-0.2, 0) is 18.6 Å². The average molecular weight is 249 g/mol. The first-order valence-corrected chi connectivity index (χ1v) is 2.05. The second-order valence-electron chi connectivity index (χ2n) is 0.632. The number of rotatable bonds is 0. The molecule has 10 heavy (non-hydrogen) atoms. The van der Waals surface area contributed by atoms with Crippen molar-refractivity contribution in [1.82, 2.24) is 0 Å². The molecule has 0 aromatic heterocycles. The van der Waals surface area contributed by atoms with Gasteiger partial charge in [-0.25, -0.2) is 0 Å². The summed E-state index contributed by atoms with van der Waals surface area (Å²) in [4.78, 5) is 0. The molecule has 2 N–H and O–H groups in total. The van der Waals surface area contributed by atoms with E-state index in [1.807, 2.05) is 0 Å². The monoisotopic (exact) mass is 248 g/mol. The first-order valence-electron chi connectivity index (χ1n) is 2.05. The minimum absolute atomic E-state index is 0. The normalized spacial score (nSPS) is 3.60. The van der Waals surface area contributed by atoms with Gasteiger partial charge in [0.2, 0.25) is 0 Å². The average Bonchev–Trinajstić information content (AvgIpc) is 1.39. The minimum atomic E-state index is 0. The fourth-order valence-corrected chi connectivity index (χ4v) is 0. The summed E-state index contributed by atoms with van der Waals surface area (Å²) in [6, 6.07) is 0. The molecule has 0 atom stereocenters. The third-order valence-corrected chi connectivity index (χ3v) is 0. The molecule has 0 rings (SSSR count). The van der Waals surface area contributed by atoms with Crippen LogP contribution in [0, 0.1) is 0 Å². The summed E-state index contributed by atoms with van der Waals surface area (Å²) < 4.78 is 0. The molecule has 2 nitrogen and oxygen atoms in total. The van der Waals surface area contributed by atoms with Crippen LogP contribution in [-0.4, -0.2) is 23.4 Å². The fourth-order valence-electron chi connectivity index (χ4n) is 0. The molecule has 0 amide bonds. The Morgan fingerprint density at radius 3 is 0.800 bits per heavy atom. The van der Waals surface area contributed by atoms with Crippen molar-refractivity contribution in [3.8, 4) is 0 Å². The van der Waals surface area contributed by atoms with Gasteiger partial charge < -0.3 is 47.4 Å². The second-order valence-corrected chi connectivity index (χ2v) is 0.632. The van der Waals surface area contributed by atoms with Gasteiger partial charge >= 0.3 is 0 Å². The number of aliphatic hydroxyl groups is 2. The van der Waals surface area contributed by atoms with E-state index in [2.05, 4.69) is 0 Å². The maximum Gasteiger partial charge on any atom is 0.0402 e. The van der Waals surface area contributed by atoms with Crippen LogP contribution in [0.25, 0.3) is 0 Å². The van der Waals surface area contributed by atoms with Crippen molar-refractivity contribution in [2.45, 2.75) is 13.8 Å². The van der Waals surface area contributed by atoms with E-state index in [0.29, 0.717) is 0 Å². The Bertz CT molecular complexity index is 20.5. The Hall–Kier alpha value is 1.37. The van der Waals surface area contributed by atoms with Crippen LogP contribution >= 0.6 is 0 Å². The van der Waals surface area contributed by atoms with Gasteiger partial charge in [0.05, 0.1) is 0 Å². The molecule has 0 unspecified atom stereocenters. The van der Waals surface area contributed by atoms with E-state index in [1.165, 1.54) is 0 Å². The Morgan fingerprint density at radius 2 is 0.800 bits per heavy atom. The molecule has 1 radical (unpaired) electrons. The zero-order valence-corrected chi connectivity index (χ0v) is 9.55. The summed E-state index contributed by atoms with van der Waals surface area (Å²) in [7, 11) is 0. The van der Waals surface area contributed by atoms with Crippen LogP contribution in [0.2, 0.25) is 0 Å². The summed E-state index contributed by atoms with van der Waals surface area (Å²) in [5.41, 5.74) is 0. The van der Waals surface area contributed by atoms with Crippen LogP contribution < -0.4 is 37.2 Å². The Kier molecular flexibility index (Phi) is 339. The summed E-state index contributed by atoms with van der Waals surface area (Å²) >= 11 is 0. The molecule has 0 aliphatic rings. The molecule has 0 aliphatic carbocycles. The van der Waals surface area contributed by atoms with Crippen molar-refractivity contribution in [1.29, 1.82) is 0 Å². The summed E-state index contributed by atoms with van der Waals surface area (Å²) in [6.07, 6.45) is 0. The predicted octanol–water partition coefficient (Wildman–Crippen LogP) is -8.99. The van der Waals surface area contributed by atoms with E-state index in [1.54, 1.807) is 13.8 Å². The third-order valence-electron chi connectivity index (χ3n) is 0. The van der Waals surface area contributed by atoms with E-state index in [0.717, 1.165) is 0 Å². The number of hydrogen-bond donors (Lipinski definition) is 2. The van der Waals surface area contributed by atoms with E-state index >= 15 is 0 Å². The maximum absolute atomic E-state index is 7.57. The van der Waals surface area contributed by atoms with Gasteiger partial charge in [-0.3, -0.25) is 0 Å². The van der Waals surface area contributed by atoms with Gasteiger partial charge in [0.1, 0.15) is 0 Å². The number of halogens is 3. The van der Waals surface area contributed by atoms with Crippen molar-refractivity contribution in [2.24, 2.45) is 0 Å². The molecule has 0 saturated heterocycles. The van der Waals surface area contributed by atoms with E-state index in [4.69, 9.17) is 10.2 Å². The van der Waals surface area contributed by atoms with Gasteiger partial charge in [-0.05, 0) is 13.8 Å². The van der Waals surface area contributed by atoms with Crippen LogP contribution in [0.4, 0.5) is 0 Å². The van der Waals surface area contributed by atoms with Crippen molar-refractivity contribution in [2.75, 3.05) is 13.2 Å². The molecule has 0 spiro atoms. The minimum Gasteiger partial charge on any atom is -1.00 e. The van der Waals surface area contributed by atoms with Gasteiger partial charge in [-0.15, -0.1) is 0 Å². The van der Waals surface area contributed by atoms with Gasteiger partial charge in [0.25, 0.3) is 0 Å². The number of aliphatic hydroxyl groups excluding tert-OH is 2. The molecule has 0 aromatic rings. The second kappa shape index (κ2) is 80.1. The molecular weight excluding hydrogens is 237 g/mol. The zero-order chi connectivity index (χ0) is 5.41. The molecular formula is C4H12Cl3O2V-3. The topological polar surface area (TPSA) is 40.5 Å². The summed E-state index contributed by atoms with van der Waals surface area (Å²) in [6.45, 7) is 3.86. The van der Waals surface area contributed by atoms with Crippen LogP contribution in [0.15, 0.2) is 0 Å². The van der Waals surface area contributed by atoms with Crippen LogP contribution in [0.3, 0.4) is 0 Å². The van der Waals surface area contributed by atoms with E-state index in [9.17, 15) is 0 Å². The predicted molar refractivity (Wildman–Crippen MR) is 25.5 cm³/mol. The Balaban J connectivity index is -0.00000000571. The zero-order valence-electron chi connectivity index (χ0n) is 5.89. The van der Waals surface area contributed by atoms with Gasteiger partial charge in [0, 0.05) is 31.8 Å². The van der Waals surface area contributed by atoms with E-state index < -0.39 is 0 Å². The van der Waals surface area contributed by atoms with Crippen molar-refractivity contribution >= 4 is 0 Å². The smallest absolute Gasteiger partial charge is 0.0402 e. The SMILES string of the molecule is CCO.CCO.[Cl-].[Cl-].[Cl-].[V]. The van der Waals surface area contributed by atoms with Crippen LogP contribution in [0.5, 0.6) is 0 Å². The van der Waals surface area contributed by atoms with Crippen molar-refractivity contribution in [3.05, 3.63) is 0 Å². The summed E-state index contributed by atoms with van der Waals surface area (Å²) in [5.74, 6) is 0. The standard InChI is InChI=1S/2C2H6O.3ClH.V/c2*1-2-3;;;;/h2*3H,2H2,1H3;3*1H;/p-3. The largest absolute Gasteiger partial charge is 1.00 e. The number of hydrogen-bond acceptors (Lipinski definition) is 2. The Labute approximate surface area is 92.9 Å². The first-order chi connectivity index (χ1) is 2.83. The molecule has 0 heterocycles. The molecule has 6 heteroatoms. The van der Waals surface area contributed by atoms with Gasteiger partial charge in [-0.1, -0.05) is 0 Å². The van der Waals surface area contributed by atoms with Crippen molar-refractivity contribution < 1.29 is 66.0 Å². The molecule has 69 valence electrons. The molecule has 0 fully saturated rings. The fraction of sp³-hybridized carbons (Fsp3) is 1.00.